The molecule has 102 valence electrons. The minimum absolute atomic E-state index is 0.632. The average molecular weight is 284 g/mol. The van der Waals surface area contributed by atoms with Gasteiger partial charge in [-0.3, -0.25) is 4.90 Å². The SMILES string of the molecule is c1ccc2c([C@H]3CCN(Cc4cnns4)C3)c[nH]c2c1. The Morgan fingerprint density at radius 1 is 1.35 bits per heavy atom. The molecule has 4 nitrogen and oxygen atoms in total. The molecule has 0 aliphatic carbocycles. The molecule has 0 spiro atoms. The highest BCUT2D eigenvalue weighted by atomic mass is 32.1. The lowest BCUT2D eigenvalue weighted by molar-refractivity contribution is 0.330. The van der Waals surface area contributed by atoms with Crippen molar-refractivity contribution >= 4 is 22.4 Å². The van der Waals surface area contributed by atoms with Crippen molar-refractivity contribution in [2.24, 2.45) is 0 Å². The molecule has 0 radical (unpaired) electrons. The Morgan fingerprint density at radius 3 is 3.20 bits per heavy atom. The van der Waals surface area contributed by atoms with E-state index in [1.54, 1.807) is 0 Å². The van der Waals surface area contributed by atoms with Gasteiger partial charge in [-0.25, -0.2) is 0 Å². The number of H-pyrrole nitrogens is 1. The van der Waals surface area contributed by atoms with Crippen LogP contribution >= 0.6 is 11.5 Å². The molecule has 1 N–H and O–H groups in total. The van der Waals surface area contributed by atoms with E-state index in [1.807, 2.05) is 6.20 Å². The molecule has 0 unspecified atom stereocenters. The fourth-order valence-corrected chi connectivity index (χ4v) is 3.67. The number of nitrogens with zero attached hydrogens (tertiary/aromatic N) is 3. The van der Waals surface area contributed by atoms with Crippen LogP contribution in [0.3, 0.4) is 0 Å². The van der Waals surface area contributed by atoms with Gasteiger partial charge in [-0.2, -0.15) is 0 Å². The Balaban J connectivity index is 1.53. The van der Waals surface area contributed by atoms with Crippen LogP contribution in [-0.2, 0) is 6.54 Å². The van der Waals surface area contributed by atoms with Gasteiger partial charge in [0.15, 0.2) is 0 Å². The summed E-state index contributed by atoms with van der Waals surface area (Å²) in [5, 5.41) is 5.28. The molecule has 4 rings (SSSR count). The normalized spacial score (nSPS) is 19.9. The van der Waals surface area contributed by atoms with E-state index in [4.69, 9.17) is 0 Å². The van der Waals surface area contributed by atoms with Crippen molar-refractivity contribution < 1.29 is 0 Å². The summed E-state index contributed by atoms with van der Waals surface area (Å²) in [6.45, 7) is 3.26. The molecule has 0 bridgehead atoms. The number of likely N-dealkylation sites (tertiary alicyclic amines) is 1. The lowest BCUT2D eigenvalue weighted by atomic mass is 9.98. The minimum atomic E-state index is 0.632. The molecule has 20 heavy (non-hydrogen) atoms. The van der Waals surface area contributed by atoms with E-state index in [-0.39, 0.29) is 0 Å². The number of nitrogens with one attached hydrogen (secondary N) is 1. The molecule has 5 heteroatoms. The van der Waals surface area contributed by atoms with Gasteiger partial charge in [0, 0.05) is 30.2 Å². The van der Waals surface area contributed by atoms with Crippen LogP contribution in [-0.4, -0.2) is 32.6 Å². The molecule has 3 aromatic rings. The van der Waals surface area contributed by atoms with Gasteiger partial charge in [-0.1, -0.05) is 22.7 Å². The van der Waals surface area contributed by atoms with E-state index in [2.05, 4.69) is 49.9 Å². The smallest absolute Gasteiger partial charge is 0.0666 e. The van der Waals surface area contributed by atoms with E-state index < -0.39 is 0 Å². The lowest BCUT2D eigenvalue weighted by Gasteiger charge is -2.14. The largest absolute Gasteiger partial charge is 0.361 e. The van der Waals surface area contributed by atoms with Crippen LogP contribution in [0.25, 0.3) is 10.9 Å². The van der Waals surface area contributed by atoms with Gasteiger partial charge in [0.25, 0.3) is 0 Å². The number of aromatic nitrogens is 3. The Labute approximate surface area is 121 Å². The van der Waals surface area contributed by atoms with Crippen LogP contribution in [0, 0.1) is 0 Å². The maximum atomic E-state index is 3.93. The predicted molar refractivity (Wildman–Crippen MR) is 80.8 cm³/mol. The third-order valence-electron chi connectivity index (χ3n) is 4.12. The van der Waals surface area contributed by atoms with Gasteiger partial charge in [0.1, 0.15) is 0 Å². The Hall–Kier alpha value is -1.72. The quantitative estimate of drug-likeness (QED) is 0.804. The highest BCUT2D eigenvalue weighted by Crippen LogP contribution is 2.33. The van der Waals surface area contributed by atoms with Crippen molar-refractivity contribution in [1.29, 1.82) is 0 Å². The molecule has 1 aromatic carbocycles. The maximum absolute atomic E-state index is 3.93. The van der Waals surface area contributed by atoms with Crippen molar-refractivity contribution in [1.82, 2.24) is 19.5 Å². The summed E-state index contributed by atoms with van der Waals surface area (Å²) >= 11 is 1.50. The average Bonchev–Trinajstić information content (AvgIpc) is 3.18. The third-order valence-corrected chi connectivity index (χ3v) is 4.76. The number of hydrogen-bond acceptors (Lipinski definition) is 4. The van der Waals surface area contributed by atoms with E-state index in [1.165, 1.54) is 39.3 Å². The molecule has 0 amide bonds. The molecule has 1 aliphatic rings. The summed E-state index contributed by atoms with van der Waals surface area (Å²) < 4.78 is 3.93. The van der Waals surface area contributed by atoms with E-state index >= 15 is 0 Å². The topological polar surface area (TPSA) is 44.8 Å². The van der Waals surface area contributed by atoms with Gasteiger partial charge in [0.2, 0.25) is 0 Å². The second-order valence-electron chi connectivity index (χ2n) is 5.39. The monoisotopic (exact) mass is 284 g/mol. The Bertz CT molecular complexity index is 704. The minimum Gasteiger partial charge on any atom is -0.361 e. The molecule has 1 atom stereocenters. The van der Waals surface area contributed by atoms with Crippen LogP contribution in [0.15, 0.2) is 36.7 Å². The van der Waals surface area contributed by atoms with Gasteiger partial charge >= 0.3 is 0 Å². The Kier molecular flexibility index (Phi) is 3.01. The first-order valence-corrected chi connectivity index (χ1v) is 7.72. The molecular weight excluding hydrogens is 268 g/mol. The number of benzene rings is 1. The standard InChI is InChI=1S/C15H16N4S/c1-2-4-15-13(3-1)14(8-16-15)11-5-6-19(9-11)10-12-7-17-18-20-12/h1-4,7-8,11,16H,5-6,9-10H2/t11-/m0/s1. The maximum Gasteiger partial charge on any atom is 0.0666 e. The van der Waals surface area contributed by atoms with E-state index in [9.17, 15) is 0 Å². The van der Waals surface area contributed by atoms with Gasteiger partial charge in [0.05, 0.1) is 11.1 Å². The van der Waals surface area contributed by atoms with Crippen LogP contribution in [0.2, 0.25) is 0 Å². The second-order valence-corrected chi connectivity index (χ2v) is 6.26. The molecule has 1 fully saturated rings. The summed E-state index contributed by atoms with van der Waals surface area (Å²) in [4.78, 5) is 7.14. The first-order valence-electron chi connectivity index (χ1n) is 6.95. The molecule has 2 aromatic heterocycles. The van der Waals surface area contributed by atoms with Crippen LogP contribution in [0.1, 0.15) is 22.8 Å². The van der Waals surface area contributed by atoms with E-state index in [0.29, 0.717) is 5.92 Å². The molecule has 3 heterocycles. The van der Waals surface area contributed by atoms with Crippen LogP contribution < -0.4 is 0 Å². The van der Waals surface area contributed by atoms with Gasteiger partial charge in [-0.15, -0.1) is 5.10 Å². The van der Waals surface area contributed by atoms with Crippen molar-refractivity contribution in [2.75, 3.05) is 13.1 Å². The summed E-state index contributed by atoms with van der Waals surface area (Å²) in [7, 11) is 0. The molecular formula is C15H16N4S. The Morgan fingerprint density at radius 2 is 2.30 bits per heavy atom. The summed E-state index contributed by atoms with van der Waals surface area (Å²) in [6, 6.07) is 8.57. The van der Waals surface area contributed by atoms with Gasteiger partial charge in [-0.05, 0) is 42.0 Å². The van der Waals surface area contributed by atoms with Crippen LogP contribution in [0.5, 0.6) is 0 Å². The summed E-state index contributed by atoms with van der Waals surface area (Å²) in [5.41, 5.74) is 2.71. The van der Waals surface area contributed by atoms with Crippen molar-refractivity contribution in [3.8, 4) is 0 Å². The highest BCUT2D eigenvalue weighted by molar-refractivity contribution is 7.05. The van der Waals surface area contributed by atoms with Crippen molar-refractivity contribution in [3.63, 3.8) is 0 Å². The third kappa shape index (κ3) is 2.13. The molecule has 1 saturated heterocycles. The fourth-order valence-electron chi connectivity index (χ4n) is 3.14. The first kappa shape index (κ1) is 12.1. The molecule has 0 saturated carbocycles. The second kappa shape index (κ2) is 5.00. The summed E-state index contributed by atoms with van der Waals surface area (Å²) in [6.07, 6.45) is 5.30. The predicted octanol–water partition coefficient (Wildman–Crippen LogP) is 3.01. The van der Waals surface area contributed by atoms with Gasteiger partial charge < -0.3 is 4.98 Å². The fraction of sp³-hybridized carbons (Fsp3) is 0.333. The number of para-hydroxylation sites is 1. The van der Waals surface area contributed by atoms with E-state index in [0.717, 1.165) is 19.6 Å². The lowest BCUT2D eigenvalue weighted by Crippen LogP contribution is -2.19. The zero-order chi connectivity index (χ0) is 13.4. The summed E-state index contributed by atoms with van der Waals surface area (Å²) in [5.74, 6) is 0.632. The van der Waals surface area contributed by atoms with Crippen LogP contribution in [0.4, 0.5) is 0 Å². The zero-order valence-electron chi connectivity index (χ0n) is 11.1. The number of rotatable bonds is 3. The number of hydrogen-bond donors (Lipinski definition) is 1. The van der Waals surface area contributed by atoms with Crippen molar-refractivity contribution in [2.45, 2.75) is 18.9 Å². The highest BCUT2D eigenvalue weighted by Gasteiger charge is 2.26. The zero-order valence-corrected chi connectivity index (χ0v) is 11.9. The number of aromatic amines is 1. The van der Waals surface area contributed by atoms with Crippen molar-refractivity contribution in [3.05, 3.63) is 47.1 Å². The molecule has 1 aliphatic heterocycles. The number of fused-ring (bicyclic) bond motifs is 1. The first-order chi connectivity index (χ1) is 9.90.